The highest BCUT2D eigenvalue weighted by Gasteiger charge is 2.26. The smallest absolute Gasteiger partial charge is 0.229 e. The minimum atomic E-state index is -0.541. The second-order valence-corrected chi connectivity index (χ2v) is 4.45. The minimum absolute atomic E-state index is 0.149. The molecule has 3 rings (SSSR count). The Bertz CT molecular complexity index is 578. The van der Waals surface area contributed by atoms with Gasteiger partial charge in [-0.3, -0.25) is 4.79 Å². The Kier molecular flexibility index (Phi) is 2.89. The fraction of sp³-hybridized carbons (Fsp3) is 0.357. The van der Waals surface area contributed by atoms with E-state index in [1.165, 1.54) is 0 Å². The lowest BCUT2D eigenvalue weighted by Gasteiger charge is -2.20. The average Bonchev–Trinajstić information content (AvgIpc) is 2.81. The van der Waals surface area contributed by atoms with E-state index in [2.05, 4.69) is 0 Å². The van der Waals surface area contributed by atoms with Crippen molar-refractivity contribution in [3.8, 4) is 0 Å². The molecule has 1 fully saturated rings. The van der Waals surface area contributed by atoms with Gasteiger partial charge in [0.25, 0.3) is 0 Å². The number of carbonyl (C=O) groups excluding carboxylic acids is 1. The molecule has 0 amide bonds. The van der Waals surface area contributed by atoms with Gasteiger partial charge in [-0.1, -0.05) is 11.6 Å². The molecule has 18 heavy (non-hydrogen) atoms. The van der Waals surface area contributed by atoms with E-state index in [-0.39, 0.29) is 5.78 Å². The van der Waals surface area contributed by atoms with Crippen molar-refractivity contribution in [3.05, 3.63) is 35.6 Å². The van der Waals surface area contributed by atoms with Gasteiger partial charge >= 0.3 is 0 Å². The van der Waals surface area contributed by atoms with E-state index in [4.69, 9.17) is 13.9 Å². The maximum absolute atomic E-state index is 12.2. The summed E-state index contributed by atoms with van der Waals surface area (Å²) in [5, 5.41) is 0.940. The molecule has 0 aliphatic carbocycles. The predicted octanol–water partition coefficient (Wildman–Crippen LogP) is 2.34. The molecule has 1 saturated heterocycles. The number of furan rings is 1. The van der Waals surface area contributed by atoms with Crippen LogP contribution in [-0.2, 0) is 9.47 Å². The Morgan fingerprint density at radius 2 is 2.17 bits per heavy atom. The molecule has 4 heteroatoms. The number of fused-ring (bicyclic) bond motifs is 1. The molecule has 1 aliphatic rings. The quantitative estimate of drug-likeness (QED) is 0.763. The van der Waals surface area contributed by atoms with Gasteiger partial charge in [0.2, 0.25) is 5.78 Å². The fourth-order valence-corrected chi connectivity index (χ4v) is 2.08. The molecular weight excluding hydrogens is 232 g/mol. The van der Waals surface area contributed by atoms with Crippen LogP contribution in [0.5, 0.6) is 0 Å². The Morgan fingerprint density at radius 1 is 1.28 bits per heavy atom. The molecule has 0 spiro atoms. The summed E-state index contributed by atoms with van der Waals surface area (Å²) in [6, 6.07) is 7.59. The van der Waals surface area contributed by atoms with Crippen LogP contribution in [0.2, 0.25) is 0 Å². The van der Waals surface area contributed by atoms with E-state index < -0.39 is 6.10 Å². The predicted molar refractivity (Wildman–Crippen MR) is 65.8 cm³/mol. The van der Waals surface area contributed by atoms with Crippen LogP contribution in [0.15, 0.2) is 28.7 Å². The molecule has 1 aromatic carbocycles. The van der Waals surface area contributed by atoms with Crippen molar-refractivity contribution < 1.29 is 18.7 Å². The number of hydrogen-bond acceptors (Lipinski definition) is 4. The van der Waals surface area contributed by atoms with E-state index in [1.807, 2.05) is 25.1 Å². The first-order chi connectivity index (χ1) is 8.74. The summed E-state index contributed by atoms with van der Waals surface area (Å²) >= 11 is 0. The van der Waals surface area contributed by atoms with Gasteiger partial charge in [-0.25, -0.2) is 0 Å². The van der Waals surface area contributed by atoms with Crippen molar-refractivity contribution >= 4 is 16.8 Å². The van der Waals surface area contributed by atoms with Crippen LogP contribution in [0.25, 0.3) is 11.0 Å². The number of hydrogen-bond donors (Lipinski definition) is 0. The molecule has 0 radical (unpaired) electrons. The second kappa shape index (κ2) is 4.55. The van der Waals surface area contributed by atoms with Crippen molar-refractivity contribution in [3.63, 3.8) is 0 Å². The number of aryl methyl sites for hydroxylation is 1. The molecule has 1 aromatic heterocycles. The number of ketones is 1. The maximum Gasteiger partial charge on any atom is 0.229 e. The largest absolute Gasteiger partial charge is 0.453 e. The molecule has 2 heterocycles. The summed E-state index contributed by atoms with van der Waals surface area (Å²) in [6.07, 6.45) is -0.541. The lowest BCUT2D eigenvalue weighted by atomic mass is 10.1. The van der Waals surface area contributed by atoms with E-state index in [9.17, 15) is 4.79 Å². The highest BCUT2D eigenvalue weighted by Crippen LogP contribution is 2.22. The number of ether oxygens (including phenoxy) is 2. The lowest BCUT2D eigenvalue weighted by molar-refractivity contribution is -0.0725. The van der Waals surface area contributed by atoms with Crippen LogP contribution in [-0.4, -0.2) is 31.7 Å². The topological polar surface area (TPSA) is 48.7 Å². The van der Waals surface area contributed by atoms with Crippen LogP contribution < -0.4 is 0 Å². The molecule has 0 bridgehead atoms. The summed E-state index contributed by atoms with van der Waals surface area (Å²) in [6.45, 7) is 3.31. The van der Waals surface area contributed by atoms with Crippen LogP contribution in [0, 0.1) is 6.92 Å². The number of benzene rings is 1. The first-order valence-corrected chi connectivity index (χ1v) is 5.98. The van der Waals surface area contributed by atoms with Gasteiger partial charge in [0.1, 0.15) is 11.7 Å². The molecule has 0 N–H and O–H groups in total. The Balaban J connectivity index is 1.91. The molecule has 1 atom stereocenters. The number of carbonyl (C=O) groups is 1. The monoisotopic (exact) mass is 246 g/mol. The van der Waals surface area contributed by atoms with Gasteiger partial charge in [0.05, 0.1) is 19.8 Å². The molecular formula is C14H14O4. The third-order valence-electron chi connectivity index (χ3n) is 3.02. The van der Waals surface area contributed by atoms with Gasteiger partial charge in [0, 0.05) is 5.39 Å². The van der Waals surface area contributed by atoms with Crippen molar-refractivity contribution in [1.82, 2.24) is 0 Å². The SMILES string of the molecule is Cc1ccc2oc(C(=O)C3COCCO3)cc2c1. The Hall–Kier alpha value is -1.65. The normalized spacial score (nSPS) is 20.2. The Morgan fingerprint density at radius 3 is 2.94 bits per heavy atom. The third-order valence-corrected chi connectivity index (χ3v) is 3.02. The number of rotatable bonds is 2. The van der Waals surface area contributed by atoms with Crippen LogP contribution in [0.3, 0.4) is 0 Å². The molecule has 4 nitrogen and oxygen atoms in total. The highest BCUT2D eigenvalue weighted by molar-refractivity contribution is 6.00. The molecule has 0 saturated carbocycles. The van der Waals surface area contributed by atoms with Gasteiger partial charge in [-0.2, -0.15) is 0 Å². The summed E-state index contributed by atoms with van der Waals surface area (Å²) in [5.74, 6) is 0.189. The first-order valence-electron chi connectivity index (χ1n) is 5.98. The summed E-state index contributed by atoms with van der Waals surface area (Å²) in [4.78, 5) is 12.2. The Labute approximate surface area is 104 Å². The zero-order chi connectivity index (χ0) is 12.5. The fourth-order valence-electron chi connectivity index (χ4n) is 2.08. The van der Waals surface area contributed by atoms with Crippen molar-refractivity contribution in [1.29, 1.82) is 0 Å². The van der Waals surface area contributed by atoms with E-state index in [0.717, 1.165) is 16.5 Å². The van der Waals surface area contributed by atoms with Crippen molar-refractivity contribution in [2.75, 3.05) is 19.8 Å². The van der Waals surface area contributed by atoms with Gasteiger partial charge < -0.3 is 13.9 Å². The maximum atomic E-state index is 12.2. The van der Waals surface area contributed by atoms with Gasteiger partial charge in [0.15, 0.2) is 5.76 Å². The summed E-state index contributed by atoms with van der Waals surface area (Å²) in [7, 11) is 0. The van der Waals surface area contributed by atoms with Crippen molar-refractivity contribution in [2.24, 2.45) is 0 Å². The van der Waals surface area contributed by atoms with Gasteiger partial charge in [-0.05, 0) is 25.1 Å². The molecule has 2 aromatic rings. The van der Waals surface area contributed by atoms with E-state index in [0.29, 0.717) is 25.6 Å². The standard InChI is InChI=1S/C14H14O4/c1-9-2-3-11-10(6-9)7-12(18-11)14(15)13-8-16-4-5-17-13/h2-3,6-7,13H,4-5,8H2,1H3. The van der Waals surface area contributed by atoms with Crippen LogP contribution in [0.1, 0.15) is 16.1 Å². The van der Waals surface area contributed by atoms with Crippen LogP contribution >= 0.6 is 0 Å². The zero-order valence-corrected chi connectivity index (χ0v) is 10.1. The highest BCUT2D eigenvalue weighted by atomic mass is 16.6. The summed E-state index contributed by atoms with van der Waals surface area (Å²) in [5.41, 5.74) is 1.86. The third kappa shape index (κ3) is 2.05. The lowest BCUT2D eigenvalue weighted by Crippen LogP contribution is -2.35. The van der Waals surface area contributed by atoms with E-state index in [1.54, 1.807) is 6.07 Å². The molecule has 94 valence electrons. The number of Topliss-reactive ketones (excluding diaryl/α,β-unsaturated/α-hetero) is 1. The average molecular weight is 246 g/mol. The second-order valence-electron chi connectivity index (χ2n) is 4.45. The minimum Gasteiger partial charge on any atom is -0.453 e. The summed E-state index contributed by atoms with van der Waals surface area (Å²) < 4.78 is 16.2. The van der Waals surface area contributed by atoms with Crippen molar-refractivity contribution in [2.45, 2.75) is 13.0 Å². The zero-order valence-electron chi connectivity index (χ0n) is 10.1. The van der Waals surface area contributed by atoms with Crippen LogP contribution in [0.4, 0.5) is 0 Å². The van der Waals surface area contributed by atoms with E-state index >= 15 is 0 Å². The van der Waals surface area contributed by atoms with Gasteiger partial charge in [-0.15, -0.1) is 0 Å². The first kappa shape index (κ1) is 11.4. The molecule has 1 unspecified atom stereocenters. The molecule has 1 aliphatic heterocycles.